The molecule has 0 spiro atoms. The standard InChI is InChI=1S/C17H16Cl2N2O4/c18-11-5-6-12(13(19)9-11)10(8-17(24)21-25)7-16(23)20-14-3-1-2-4-15(14)22/h1-6,9-10,22,25H,7-8H2,(H,20,23)(H,21,24). The number of phenols is 1. The molecule has 2 aromatic carbocycles. The largest absolute Gasteiger partial charge is 0.506 e. The van der Waals surface area contributed by atoms with E-state index in [1.807, 2.05) is 0 Å². The lowest BCUT2D eigenvalue weighted by atomic mass is 9.91. The van der Waals surface area contributed by atoms with Crippen LogP contribution in [0.25, 0.3) is 0 Å². The molecule has 0 heterocycles. The van der Waals surface area contributed by atoms with Gasteiger partial charge < -0.3 is 10.4 Å². The number of carbonyl (C=O) groups excluding carboxylic acids is 2. The number of rotatable bonds is 6. The van der Waals surface area contributed by atoms with Crippen molar-refractivity contribution in [2.24, 2.45) is 0 Å². The first-order valence-corrected chi connectivity index (χ1v) is 8.12. The number of anilines is 1. The molecule has 0 aliphatic carbocycles. The molecule has 6 nitrogen and oxygen atoms in total. The van der Waals surface area contributed by atoms with Crippen molar-refractivity contribution in [1.82, 2.24) is 5.48 Å². The van der Waals surface area contributed by atoms with E-state index in [9.17, 15) is 14.7 Å². The summed E-state index contributed by atoms with van der Waals surface area (Å²) >= 11 is 12.0. The summed E-state index contributed by atoms with van der Waals surface area (Å²) in [5, 5.41) is 21.8. The van der Waals surface area contributed by atoms with Gasteiger partial charge in [-0.3, -0.25) is 14.8 Å². The predicted octanol–water partition coefficient (Wildman–Crippen LogP) is 3.71. The summed E-state index contributed by atoms with van der Waals surface area (Å²) < 4.78 is 0. The molecule has 0 bridgehead atoms. The molecule has 0 radical (unpaired) electrons. The first kappa shape index (κ1) is 19.1. The van der Waals surface area contributed by atoms with E-state index in [1.165, 1.54) is 12.1 Å². The van der Waals surface area contributed by atoms with E-state index in [-0.39, 0.29) is 24.3 Å². The van der Waals surface area contributed by atoms with Crippen molar-refractivity contribution in [3.05, 3.63) is 58.1 Å². The fourth-order valence-electron chi connectivity index (χ4n) is 2.40. The summed E-state index contributed by atoms with van der Waals surface area (Å²) in [7, 11) is 0. The van der Waals surface area contributed by atoms with Crippen molar-refractivity contribution < 1.29 is 19.9 Å². The van der Waals surface area contributed by atoms with Crippen LogP contribution in [0.2, 0.25) is 10.0 Å². The number of nitrogens with one attached hydrogen (secondary N) is 2. The van der Waals surface area contributed by atoms with E-state index in [2.05, 4.69) is 5.32 Å². The third-order valence-electron chi connectivity index (χ3n) is 3.57. The van der Waals surface area contributed by atoms with Gasteiger partial charge in [0, 0.05) is 28.8 Å². The maximum absolute atomic E-state index is 12.3. The van der Waals surface area contributed by atoms with Gasteiger partial charge in [-0.15, -0.1) is 0 Å². The summed E-state index contributed by atoms with van der Waals surface area (Å²) in [4.78, 5) is 23.9. The first-order chi connectivity index (χ1) is 11.9. The zero-order valence-electron chi connectivity index (χ0n) is 13.0. The van der Waals surface area contributed by atoms with Crippen molar-refractivity contribution in [1.29, 1.82) is 0 Å². The van der Waals surface area contributed by atoms with Crippen LogP contribution < -0.4 is 10.8 Å². The maximum Gasteiger partial charge on any atom is 0.243 e. The lowest BCUT2D eigenvalue weighted by molar-refractivity contribution is -0.129. The quantitative estimate of drug-likeness (QED) is 0.347. The molecule has 2 aromatic rings. The summed E-state index contributed by atoms with van der Waals surface area (Å²) in [6.45, 7) is 0. The second-order valence-corrected chi connectivity index (χ2v) is 6.21. The number of hydrogen-bond acceptors (Lipinski definition) is 4. The van der Waals surface area contributed by atoms with Crippen LogP contribution >= 0.6 is 23.2 Å². The molecule has 0 aliphatic heterocycles. The SMILES string of the molecule is O=C(CC(CC(=O)Nc1ccccc1O)c1ccc(Cl)cc1Cl)NO. The van der Waals surface area contributed by atoms with Gasteiger partial charge in [-0.05, 0) is 29.8 Å². The average Bonchev–Trinajstić information content (AvgIpc) is 2.56. The highest BCUT2D eigenvalue weighted by molar-refractivity contribution is 6.35. The highest BCUT2D eigenvalue weighted by Crippen LogP contribution is 2.32. The minimum atomic E-state index is -0.647. The molecule has 2 amide bonds. The number of carbonyl (C=O) groups is 2. The number of halogens is 2. The Morgan fingerprint density at radius 3 is 2.36 bits per heavy atom. The minimum Gasteiger partial charge on any atom is -0.506 e. The number of hydroxylamine groups is 1. The normalized spacial score (nSPS) is 11.6. The van der Waals surface area contributed by atoms with Crippen LogP contribution in [0.4, 0.5) is 5.69 Å². The summed E-state index contributed by atoms with van der Waals surface area (Å²) in [6, 6.07) is 11.1. The molecule has 25 heavy (non-hydrogen) atoms. The van der Waals surface area contributed by atoms with Gasteiger partial charge in [-0.25, -0.2) is 5.48 Å². The van der Waals surface area contributed by atoms with Crippen LogP contribution in [-0.2, 0) is 9.59 Å². The number of phenolic OH excluding ortho intramolecular Hbond substituents is 1. The molecule has 4 N–H and O–H groups in total. The van der Waals surface area contributed by atoms with E-state index >= 15 is 0 Å². The van der Waals surface area contributed by atoms with Crippen LogP contribution in [0, 0.1) is 0 Å². The zero-order valence-corrected chi connectivity index (χ0v) is 14.5. The van der Waals surface area contributed by atoms with Crippen LogP contribution in [0.15, 0.2) is 42.5 Å². The Hall–Kier alpha value is -2.28. The van der Waals surface area contributed by atoms with Crippen LogP contribution in [0.5, 0.6) is 5.75 Å². The van der Waals surface area contributed by atoms with E-state index < -0.39 is 17.7 Å². The number of benzene rings is 2. The molecule has 8 heteroatoms. The fraction of sp³-hybridized carbons (Fsp3) is 0.176. The summed E-state index contributed by atoms with van der Waals surface area (Å²) in [5.74, 6) is -1.71. The van der Waals surface area contributed by atoms with Crippen LogP contribution in [-0.4, -0.2) is 22.1 Å². The molecule has 0 fully saturated rings. The Morgan fingerprint density at radius 2 is 1.72 bits per heavy atom. The lowest BCUT2D eigenvalue weighted by Crippen LogP contribution is -2.24. The summed E-state index contributed by atoms with van der Waals surface area (Å²) in [6.07, 6.45) is -0.227. The highest BCUT2D eigenvalue weighted by atomic mass is 35.5. The summed E-state index contributed by atoms with van der Waals surface area (Å²) in [5.41, 5.74) is 2.37. The Balaban J connectivity index is 2.19. The van der Waals surface area contributed by atoms with E-state index in [0.717, 1.165) is 0 Å². The number of aromatic hydroxyl groups is 1. The van der Waals surface area contributed by atoms with Gasteiger partial charge in [-0.2, -0.15) is 0 Å². The topological polar surface area (TPSA) is 98.7 Å². The molecule has 0 saturated carbocycles. The maximum atomic E-state index is 12.3. The molecular weight excluding hydrogens is 367 g/mol. The molecule has 0 aromatic heterocycles. The number of para-hydroxylation sites is 2. The molecule has 132 valence electrons. The van der Waals surface area contributed by atoms with Gasteiger partial charge in [0.15, 0.2) is 0 Å². The monoisotopic (exact) mass is 382 g/mol. The molecule has 1 unspecified atom stereocenters. The van der Waals surface area contributed by atoms with E-state index in [4.69, 9.17) is 28.4 Å². The van der Waals surface area contributed by atoms with Gasteiger partial charge in [0.2, 0.25) is 11.8 Å². The van der Waals surface area contributed by atoms with Gasteiger partial charge in [0.05, 0.1) is 5.69 Å². The van der Waals surface area contributed by atoms with Crippen molar-refractivity contribution in [3.8, 4) is 5.75 Å². The van der Waals surface area contributed by atoms with Crippen LogP contribution in [0.1, 0.15) is 24.3 Å². The van der Waals surface area contributed by atoms with Crippen molar-refractivity contribution >= 4 is 40.7 Å². The highest BCUT2D eigenvalue weighted by Gasteiger charge is 2.22. The van der Waals surface area contributed by atoms with Crippen LogP contribution in [0.3, 0.4) is 0 Å². The Bertz CT molecular complexity index is 783. The second-order valence-electron chi connectivity index (χ2n) is 5.37. The molecule has 2 rings (SSSR count). The lowest BCUT2D eigenvalue weighted by Gasteiger charge is -2.18. The predicted molar refractivity (Wildman–Crippen MR) is 95.1 cm³/mol. The van der Waals surface area contributed by atoms with Crippen molar-refractivity contribution in [3.63, 3.8) is 0 Å². The molecular formula is C17H16Cl2N2O4. The fourth-order valence-corrected chi connectivity index (χ4v) is 2.96. The number of amides is 2. The molecule has 1 atom stereocenters. The van der Waals surface area contributed by atoms with Crippen molar-refractivity contribution in [2.45, 2.75) is 18.8 Å². The minimum absolute atomic E-state index is 0.0648. The number of hydrogen-bond donors (Lipinski definition) is 4. The Labute approximate surface area is 154 Å². The van der Waals surface area contributed by atoms with Crippen molar-refractivity contribution in [2.75, 3.05) is 5.32 Å². The first-order valence-electron chi connectivity index (χ1n) is 7.36. The van der Waals surface area contributed by atoms with E-state index in [1.54, 1.807) is 35.8 Å². The zero-order chi connectivity index (χ0) is 18.4. The Morgan fingerprint density at radius 1 is 1.04 bits per heavy atom. The van der Waals surface area contributed by atoms with Gasteiger partial charge in [0.25, 0.3) is 0 Å². The third kappa shape index (κ3) is 5.35. The average molecular weight is 383 g/mol. The molecule has 0 saturated heterocycles. The smallest absolute Gasteiger partial charge is 0.243 e. The van der Waals surface area contributed by atoms with Gasteiger partial charge in [-0.1, -0.05) is 41.4 Å². The second kappa shape index (κ2) is 8.71. The van der Waals surface area contributed by atoms with E-state index in [0.29, 0.717) is 15.6 Å². The molecule has 0 aliphatic rings. The van der Waals surface area contributed by atoms with Gasteiger partial charge in [0.1, 0.15) is 5.75 Å². The third-order valence-corrected chi connectivity index (χ3v) is 4.13. The Kier molecular flexibility index (Phi) is 6.64. The van der Waals surface area contributed by atoms with Gasteiger partial charge >= 0.3 is 0 Å².